The number of hydrogen-bond acceptors (Lipinski definition) is 1. The molecule has 0 saturated heterocycles. The molecule has 1 radical (unpaired) electrons. The van der Waals surface area contributed by atoms with Gasteiger partial charge in [0.05, 0.1) is 0 Å². The minimum Gasteiger partial charge on any atom is -1.00 e. The van der Waals surface area contributed by atoms with Crippen molar-refractivity contribution in [2.24, 2.45) is 0 Å². The first-order valence-corrected chi connectivity index (χ1v) is 6.59. The van der Waals surface area contributed by atoms with Crippen LogP contribution in [-0.4, -0.2) is 14.1 Å². The average Bonchev–Trinajstić information content (AvgIpc) is 2.78. The van der Waals surface area contributed by atoms with Gasteiger partial charge >= 0.3 is 26.2 Å². The van der Waals surface area contributed by atoms with Crippen molar-refractivity contribution in [3.63, 3.8) is 0 Å². The van der Waals surface area contributed by atoms with Crippen molar-refractivity contribution < 1.29 is 51.0 Å². The third-order valence-electron chi connectivity index (χ3n) is 3.59. The molecule has 3 aromatic carbocycles. The van der Waals surface area contributed by atoms with E-state index in [1.165, 1.54) is 33.2 Å². The third kappa shape index (κ3) is 4.19. The maximum atomic E-state index is 2.27. The topological polar surface area (TPSA) is 3.24 Å². The normalized spacial score (nSPS) is 9.41. The van der Waals surface area contributed by atoms with E-state index in [1.54, 1.807) is 0 Å². The molecule has 0 bridgehead atoms. The van der Waals surface area contributed by atoms with Crippen molar-refractivity contribution in [3.8, 4) is 11.1 Å². The molecule has 3 aromatic rings. The first-order valence-electron chi connectivity index (χ1n) is 6.59. The summed E-state index contributed by atoms with van der Waals surface area (Å²) < 4.78 is 0. The van der Waals surface area contributed by atoms with E-state index < -0.39 is 0 Å². The van der Waals surface area contributed by atoms with Crippen molar-refractivity contribution in [1.29, 1.82) is 0 Å². The Morgan fingerprint density at radius 1 is 0.909 bits per heavy atom. The Hall–Kier alpha value is -0.687. The van der Waals surface area contributed by atoms with Gasteiger partial charge in [-0.2, -0.15) is 6.07 Å². The summed E-state index contributed by atoms with van der Waals surface area (Å²) in [7, 11) is 4.13. The number of benzene rings is 2. The molecule has 0 aromatic heterocycles. The van der Waals surface area contributed by atoms with Crippen molar-refractivity contribution >= 4 is 16.5 Å². The van der Waals surface area contributed by atoms with Gasteiger partial charge in [0, 0.05) is 19.8 Å². The molecule has 0 amide bonds. The summed E-state index contributed by atoms with van der Waals surface area (Å²) in [5, 5.41) is 2.67. The van der Waals surface area contributed by atoms with E-state index in [0.29, 0.717) is 0 Å². The van der Waals surface area contributed by atoms with Crippen molar-refractivity contribution in [1.82, 2.24) is 0 Å². The van der Waals surface area contributed by atoms with E-state index in [2.05, 4.69) is 80.5 Å². The van der Waals surface area contributed by atoms with Crippen LogP contribution in [0.5, 0.6) is 0 Å². The second-order valence-electron chi connectivity index (χ2n) is 5.28. The Morgan fingerprint density at radius 2 is 1.55 bits per heavy atom. The molecular weight excluding hydrogens is 392 g/mol. The summed E-state index contributed by atoms with van der Waals surface area (Å²) in [5.41, 5.74) is 5.15. The van der Waals surface area contributed by atoms with Crippen LogP contribution in [0.25, 0.3) is 21.9 Å². The largest absolute Gasteiger partial charge is 3.00 e. The van der Waals surface area contributed by atoms with Crippen LogP contribution in [0.15, 0.2) is 54.6 Å². The Labute approximate surface area is 164 Å². The van der Waals surface area contributed by atoms with Crippen LogP contribution in [0.3, 0.4) is 0 Å². The summed E-state index contributed by atoms with van der Waals surface area (Å²) in [4.78, 5) is 2.12. The second-order valence-corrected chi connectivity index (χ2v) is 5.28. The van der Waals surface area contributed by atoms with Gasteiger partial charge in [-0.05, 0) is 17.7 Å². The minimum atomic E-state index is 0. The van der Waals surface area contributed by atoms with Crippen LogP contribution in [-0.2, 0) is 26.2 Å². The predicted molar refractivity (Wildman–Crippen MR) is 84.0 cm³/mol. The molecule has 0 aliphatic carbocycles. The van der Waals surface area contributed by atoms with Gasteiger partial charge in [-0.1, -0.05) is 30.7 Å². The molecule has 0 aliphatic rings. The van der Waals surface area contributed by atoms with Gasteiger partial charge in [0.2, 0.25) is 0 Å². The zero-order valence-electron chi connectivity index (χ0n) is 12.9. The van der Waals surface area contributed by atoms with E-state index in [4.69, 9.17) is 0 Å². The van der Waals surface area contributed by atoms with E-state index >= 15 is 0 Å². The monoisotopic (exact) mass is 408 g/mol. The minimum absolute atomic E-state index is 0. The number of aryl methyl sites for hydroxylation is 1. The van der Waals surface area contributed by atoms with Crippen molar-refractivity contribution in [2.75, 3.05) is 19.0 Å². The zero-order valence-corrected chi connectivity index (χ0v) is 16.9. The average molecular weight is 410 g/mol. The Kier molecular flexibility index (Phi) is 8.54. The molecule has 0 N–H and O–H groups in total. The van der Waals surface area contributed by atoms with E-state index in [-0.39, 0.29) is 51.0 Å². The number of nitrogens with zero attached hydrogens (tertiary/aromatic N) is 1. The summed E-state index contributed by atoms with van der Waals surface area (Å²) in [6, 6.07) is 19.8. The van der Waals surface area contributed by atoms with Crippen LogP contribution in [0, 0.1) is 6.92 Å². The Bertz CT molecular complexity index is 718. The second kappa shape index (κ2) is 8.82. The number of rotatable bonds is 2. The predicted octanol–water partition coefficient (Wildman–Crippen LogP) is -1.39. The molecule has 1 nitrogen and oxygen atoms in total. The number of hydrogen-bond donors (Lipinski definition) is 0. The molecular formula is C18H18Cl2NZr. The summed E-state index contributed by atoms with van der Waals surface area (Å²) in [6.45, 7) is 2.15. The van der Waals surface area contributed by atoms with Crippen molar-refractivity contribution in [3.05, 3.63) is 60.2 Å². The summed E-state index contributed by atoms with van der Waals surface area (Å²) >= 11 is 0. The van der Waals surface area contributed by atoms with Gasteiger partial charge in [0.25, 0.3) is 0 Å². The molecule has 3 rings (SSSR count). The molecule has 22 heavy (non-hydrogen) atoms. The van der Waals surface area contributed by atoms with Crippen molar-refractivity contribution in [2.45, 2.75) is 6.92 Å². The van der Waals surface area contributed by atoms with Crippen LogP contribution in [0.4, 0.5) is 5.69 Å². The maximum absolute atomic E-state index is 2.27. The van der Waals surface area contributed by atoms with Gasteiger partial charge in [-0.25, -0.2) is 0 Å². The standard InChI is InChI=1S/C18H18N.2ClH.Zr/c1-13-11-15-5-4-6-17(18(15)12-13)14-7-9-16(10-8-14)19(2)3;;;/h4-12H,1-3H3;2*1H;/q-1;;;+3/p-2. The van der Waals surface area contributed by atoms with Crippen LogP contribution in [0.1, 0.15) is 5.56 Å². The molecule has 0 saturated carbocycles. The van der Waals surface area contributed by atoms with E-state index in [9.17, 15) is 0 Å². The third-order valence-corrected chi connectivity index (χ3v) is 3.59. The first-order chi connectivity index (χ1) is 9.15. The summed E-state index contributed by atoms with van der Waals surface area (Å²) in [6.07, 6.45) is 0. The smallest absolute Gasteiger partial charge is 1.00 e. The quantitative estimate of drug-likeness (QED) is 0.470. The van der Waals surface area contributed by atoms with Crippen LogP contribution >= 0.6 is 0 Å². The van der Waals surface area contributed by atoms with Gasteiger partial charge in [-0.3, -0.25) is 0 Å². The number of halogens is 2. The molecule has 4 heteroatoms. The molecule has 0 heterocycles. The van der Waals surface area contributed by atoms with Crippen LogP contribution in [0.2, 0.25) is 0 Å². The fourth-order valence-corrected chi connectivity index (χ4v) is 2.58. The SMILES string of the molecule is Cc1cc2c(-c3ccc(N(C)C)cc3)cccc2[cH-]1.[Cl-].[Cl-].[Zr+3]. The van der Waals surface area contributed by atoms with Gasteiger partial charge in [0.15, 0.2) is 0 Å². The molecule has 0 fully saturated rings. The molecule has 0 aliphatic heterocycles. The van der Waals surface area contributed by atoms with Gasteiger partial charge in [0.1, 0.15) is 0 Å². The Balaban J connectivity index is 0.00000147. The molecule has 113 valence electrons. The van der Waals surface area contributed by atoms with Gasteiger partial charge in [-0.15, -0.1) is 34.5 Å². The first kappa shape index (κ1) is 21.3. The molecule has 0 atom stereocenters. The fourth-order valence-electron chi connectivity index (χ4n) is 2.58. The zero-order chi connectivity index (χ0) is 13.4. The van der Waals surface area contributed by atoms with Gasteiger partial charge < -0.3 is 29.7 Å². The molecule has 0 spiro atoms. The van der Waals surface area contributed by atoms with E-state index in [0.717, 1.165) is 0 Å². The van der Waals surface area contributed by atoms with E-state index in [1.807, 2.05) is 0 Å². The number of anilines is 1. The summed E-state index contributed by atoms with van der Waals surface area (Å²) in [5.74, 6) is 0. The van der Waals surface area contributed by atoms with Crippen LogP contribution < -0.4 is 29.7 Å². The maximum Gasteiger partial charge on any atom is 3.00 e. The fraction of sp³-hybridized carbons (Fsp3) is 0.167. The molecule has 0 unspecified atom stereocenters. The Morgan fingerprint density at radius 3 is 2.14 bits per heavy atom. The number of fused-ring (bicyclic) bond motifs is 1.